The fourth-order valence-corrected chi connectivity index (χ4v) is 3.85. The second-order valence-electron chi connectivity index (χ2n) is 7.15. The minimum atomic E-state index is -0.185. The maximum absolute atomic E-state index is 12.9. The van der Waals surface area contributed by atoms with E-state index >= 15 is 0 Å². The number of ether oxygens (including phenoxy) is 1. The first-order valence-electron chi connectivity index (χ1n) is 9.57. The molecule has 0 saturated carbocycles. The third-order valence-electron chi connectivity index (χ3n) is 5.25. The number of rotatable bonds is 6. The summed E-state index contributed by atoms with van der Waals surface area (Å²) in [5, 5.41) is 2.95. The molecule has 0 radical (unpaired) electrons. The zero-order valence-electron chi connectivity index (χ0n) is 15.3. The number of amides is 2. The maximum atomic E-state index is 12.9. The van der Waals surface area contributed by atoms with Crippen LogP contribution in [0, 0.1) is 0 Å². The molecule has 5 heteroatoms. The summed E-state index contributed by atoms with van der Waals surface area (Å²) in [7, 11) is 0. The van der Waals surface area contributed by atoms with E-state index in [1.807, 2.05) is 42.5 Å². The fourth-order valence-electron chi connectivity index (χ4n) is 3.85. The molecule has 1 unspecified atom stereocenters. The Hall–Kier alpha value is -2.66. The summed E-state index contributed by atoms with van der Waals surface area (Å²) in [5.74, 6) is -0.246. The molecular weight excluding hydrogens is 340 g/mol. The molecule has 2 aliphatic heterocycles. The van der Waals surface area contributed by atoms with Gasteiger partial charge in [-0.2, -0.15) is 0 Å². The van der Waals surface area contributed by atoms with Gasteiger partial charge in [0, 0.05) is 26.2 Å². The topological polar surface area (TPSA) is 58.6 Å². The lowest BCUT2D eigenvalue weighted by atomic mass is 10.0. The van der Waals surface area contributed by atoms with Crippen molar-refractivity contribution in [1.29, 1.82) is 0 Å². The smallest absolute Gasteiger partial charge is 0.255 e. The van der Waals surface area contributed by atoms with E-state index < -0.39 is 0 Å². The normalized spacial score (nSPS) is 18.6. The van der Waals surface area contributed by atoms with Crippen LogP contribution in [0.4, 0.5) is 0 Å². The molecule has 0 spiro atoms. The van der Waals surface area contributed by atoms with E-state index in [4.69, 9.17) is 4.74 Å². The number of carbonyl (C=O) groups excluding carboxylic acids is 2. The molecule has 0 bridgehead atoms. The van der Waals surface area contributed by atoms with Crippen LogP contribution >= 0.6 is 0 Å². The first kappa shape index (κ1) is 17.7. The largest absolute Gasteiger partial charge is 0.376 e. The van der Waals surface area contributed by atoms with Gasteiger partial charge >= 0.3 is 0 Å². The van der Waals surface area contributed by atoms with Gasteiger partial charge in [0.05, 0.1) is 17.2 Å². The lowest BCUT2D eigenvalue weighted by Crippen LogP contribution is -2.33. The molecule has 0 aromatic heterocycles. The second-order valence-corrected chi connectivity index (χ2v) is 7.15. The number of nitrogens with zero attached hydrogens (tertiary/aromatic N) is 1. The van der Waals surface area contributed by atoms with Crippen LogP contribution in [0.15, 0.2) is 48.5 Å². The van der Waals surface area contributed by atoms with E-state index in [0.29, 0.717) is 30.8 Å². The fraction of sp³-hybridized carbons (Fsp3) is 0.364. The molecule has 2 aromatic rings. The maximum Gasteiger partial charge on any atom is 0.255 e. The van der Waals surface area contributed by atoms with Crippen LogP contribution in [0.3, 0.4) is 0 Å². The highest BCUT2D eigenvalue weighted by atomic mass is 16.5. The Labute approximate surface area is 159 Å². The molecule has 27 heavy (non-hydrogen) atoms. The number of fused-ring (bicyclic) bond motifs is 1. The van der Waals surface area contributed by atoms with Crippen LogP contribution in [0.25, 0.3) is 0 Å². The third-order valence-corrected chi connectivity index (χ3v) is 5.25. The van der Waals surface area contributed by atoms with Crippen molar-refractivity contribution >= 4 is 11.8 Å². The molecule has 140 valence electrons. The predicted octanol–water partition coefficient (Wildman–Crippen LogP) is 2.79. The lowest BCUT2D eigenvalue weighted by molar-refractivity contribution is 0.0544. The van der Waals surface area contributed by atoms with Crippen molar-refractivity contribution in [2.45, 2.75) is 31.9 Å². The summed E-state index contributed by atoms with van der Waals surface area (Å²) in [4.78, 5) is 27.4. The van der Waals surface area contributed by atoms with Crippen LogP contribution in [-0.4, -0.2) is 42.5 Å². The lowest BCUT2D eigenvalue weighted by Gasteiger charge is -2.19. The Morgan fingerprint density at radius 1 is 1.15 bits per heavy atom. The zero-order valence-corrected chi connectivity index (χ0v) is 15.3. The molecule has 2 heterocycles. The second kappa shape index (κ2) is 7.92. The van der Waals surface area contributed by atoms with Gasteiger partial charge in [-0.3, -0.25) is 9.59 Å². The summed E-state index contributed by atoms with van der Waals surface area (Å²) in [6.45, 7) is 2.47. The van der Waals surface area contributed by atoms with Crippen molar-refractivity contribution in [2.24, 2.45) is 0 Å². The highest BCUT2D eigenvalue weighted by Crippen LogP contribution is 2.27. The van der Waals surface area contributed by atoms with Gasteiger partial charge < -0.3 is 15.0 Å². The highest BCUT2D eigenvalue weighted by Gasteiger charge is 2.33. The van der Waals surface area contributed by atoms with Gasteiger partial charge in [0.25, 0.3) is 11.8 Å². The Morgan fingerprint density at radius 3 is 2.78 bits per heavy atom. The number of carbonyl (C=O) groups is 2. The SMILES string of the molecule is O=C(NCCc1ccccc1)c1cccc2c1C(=O)N(CC1CCCO1)C2. The van der Waals surface area contributed by atoms with Gasteiger partial charge in [-0.05, 0) is 36.5 Å². The van der Waals surface area contributed by atoms with Gasteiger partial charge in [0.1, 0.15) is 0 Å². The van der Waals surface area contributed by atoms with E-state index in [1.165, 1.54) is 5.56 Å². The average molecular weight is 364 g/mol. The van der Waals surface area contributed by atoms with Gasteiger partial charge in [0.2, 0.25) is 0 Å². The van der Waals surface area contributed by atoms with E-state index in [9.17, 15) is 9.59 Å². The molecule has 1 saturated heterocycles. The minimum absolute atomic E-state index is 0.0608. The molecule has 2 aliphatic rings. The average Bonchev–Trinajstić information content (AvgIpc) is 3.31. The highest BCUT2D eigenvalue weighted by molar-refractivity contribution is 6.09. The third kappa shape index (κ3) is 3.88. The Morgan fingerprint density at radius 2 is 2.00 bits per heavy atom. The first-order chi connectivity index (χ1) is 13.2. The van der Waals surface area contributed by atoms with Crippen LogP contribution < -0.4 is 5.32 Å². The molecule has 2 amide bonds. The number of hydrogen-bond donors (Lipinski definition) is 1. The Bertz CT molecular complexity index is 829. The van der Waals surface area contributed by atoms with Crippen molar-refractivity contribution in [1.82, 2.24) is 10.2 Å². The Kier molecular flexibility index (Phi) is 5.21. The van der Waals surface area contributed by atoms with Crippen LogP contribution in [-0.2, 0) is 17.7 Å². The minimum Gasteiger partial charge on any atom is -0.376 e. The quantitative estimate of drug-likeness (QED) is 0.857. The zero-order chi connectivity index (χ0) is 18.6. The van der Waals surface area contributed by atoms with Gasteiger partial charge in [0.15, 0.2) is 0 Å². The molecular formula is C22H24N2O3. The van der Waals surface area contributed by atoms with Crippen molar-refractivity contribution in [3.8, 4) is 0 Å². The predicted molar refractivity (Wildman–Crippen MR) is 103 cm³/mol. The van der Waals surface area contributed by atoms with Crippen molar-refractivity contribution in [2.75, 3.05) is 19.7 Å². The van der Waals surface area contributed by atoms with Gasteiger partial charge in [-0.25, -0.2) is 0 Å². The van der Waals surface area contributed by atoms with Crippen LogP contribution in [0.1, 0.15) is 44.7 Å². The van der Waals surface area contributed by atoms with Gasteiger partial charge in [-0.1, -0.05) is 42.5 Å². The van der Waals surface area contributed by atoms with Crippen molar-refractivity contribution in [3.05, 3.63) is 70.8 Å². The molecule has 4 rings (SSSR count). The monoisotopic (exact) mass is 364 g/mol. The standard InChI is InChI=1S/C22H24N2O3/c25-21(23-12-11-16-6-2-1-3-7-16)19-10-4-8-17-14-24(22(26)20(17)19)15-18-9-5-13-27-18/h1-4,6-8,10,18H,5,9,11-15H2,(H,23,25). The molecule has 0 aliphatic carbocycles. The van der Waals surface area contributed by atoms with Crippen molar-refractivity contribution < 1.29 is 14.3 Å². The van der Waals surface area contributed by atoms with Crippen LogP contribution in [0.2, 0.25) is 0 Å². The molecule has 5 nitrogen and oxygen atoms in total. The summed E-state index contributed by atoms with van der Waals surface area (Å²) >= 11 is 0. The van der Waals surface area contributed by atoms with E-state index in [-0.39, 0.29) is 17.9 Å². The molecule has 1 N–H and O–H groups in total. The Balaban J connectivity index is 1.42. The molecule has 2 aromatic carbocycles. The molecule has 1 atom stereocenters. The number of nitrogens with one attached hydrogen (secondary N) is 1. The first-order valence-corrected chi connectivity index (χ1v) is 9.57. The summed E-state index contributed by atoms with van der Waals surface area (Å²) in [6.07, 6.45) is 2.92. The van der Waals surface area contributed by atoms with E-state index in [0.717, 1.165) is 31.4 Å². The van der Waals surface area contributed by atoms with Crippen LogP contribution in [0.5, 0.6) is 0 Å². The summed E-state index contributed by atoms with van der Waals surface area (Å²) in [6, 6.07) is 15.6. The molecule has 1 fully saturated rings. The number of hydrogen-bond acceptors (Lipinski definition) is 3. The summed E-state index contributed by atoms with van der Waals surface area (Å²) < 4.78 is 5.66. The van der Waals surface area contributed by atoms with E-state index in [2.05, 4.69) is 5.32 Å². The van der Waals surface area contributed by atoms with E-state index in [1.54, 1.807) is 11.0 Å². The number of benzene rings is 2. The van der Waals surface area contributed by atoms with Gasteiger partial charge in [-0.15, -0.1) is 0 Å². The van der Waals surface area contributed by atoms with Crippen molar-refractivity contribution in [3.63, 3.8) is 0 Å². The summed E-state index contributed by atoms with van der Waals surface area (Å²) in [5.41, 5.74) is 3.12.